The number of nitrogens with zero attached hydrogens (tertiary/aromatic N) is 2. The van der Waals surface area contributed by atoms with E-state index < -0.39 is 17.4 Å². The maximum atomic E-state index is 14.8. The van der Waals surface area contributed by atoms with Gasteiger partial charge >= 0.3 is 0 Å². The lowest BCUT2D eigenvalue weighted by Crippen LogP contribution is -2.56. The number of alkyl halides is 2. The van der Waals surface area contributed by atoms with E-state index in [2.05, 4.69) is 15.3 Å². The number of rotatable bonds is 2. The van der Waals surface area contributed by atoms with Crippen LogP contribution in [0.1, 0.15) is 40.0 Å². The van der Waals surface area contributed by atoms with Crippen molar-refractivity contribution in [3.8, 4) is 0 Å². The number of carbonyl (C=O) groups excluding carboxylic acids is 1. The highest BCUT2D eigenvalue weighted by Gasteiger charge is 2.56. The predicted molar refractivity (Wildman–Crippen MR) is 97.3 cm³/mol. The summed E-state index contributed by atoms with van der Waals surface area (Å²) in [6.07, 6.45) is -1.42. The molecule has 1 aromatic carbocycles. The number of amides is 1. The maximum Gasteiger partial charge on any atom is 0.284 e. The fourth-order valence-electron chi connectivity index (χ4n) is 3.52. The third-order valence-corrected chi connectivity index (χ3v) is 6.00. The topological polar surface area (TPSA) is 80.4 Å². The SMILES string of the molecule is Cc1csc(C(=O)Nc2ccc3c(c2)[C@@]2(C3)N=C(N)[C@](C)(F)C[C@@H]2F)n1. The monoisotopic (exact) mass is 376 g/mol. The van der Waals surface area contributed by atoms with Crippen LogP contribution in [0.4, 0.5) is 14.5 Å². The molecule has 4 rings (SSSR count). The Balaban J connectivity index is 1.64. The molecule has 1 aromatic heterocycles. The first-order valence-corrected chi connectivity index (χ1v) is 9.15. The van der Waals surface area contributed by atoms with Crippen molar-refractivity contribution in [1.29, 1.82) is 0 Å². The number of thiazole rings is 1. The second-order valence-electron chi connectivity index (χ2n) is 7.09. The molecule has 2 aromatic rings. The molecule has 0 radical (unpaired) electrons. The highest BCUT2D eigenvalue weighted by molar-refractivity contribution is 7.11. The van der Waals surface area contributed by atoms with Crippen LogP contribution in [0.25, 0.3) is 0 Å². The van der Waals surface area contributed by atoms with Crippen molar-refractivity contribution in [3.05, 3.63) is 45.4 Å². The van der Waals surface area contributed by atoms with Crippen molar-refractivity contribution < 1.29 is 13.6 Å². The lowest BCUT2D eigenvalue weighted by Gasteiger charge is -2.47. The smallest absolute Gasteiger partial charge is 0.284 e. The summed E-state index contributed by atoms with van der Waals surface area (Å²) < 4.78 is 29.1. The van der Waals surface area contributed by atoms with E-state index in [1.165, 1.54) is 18.3 Å². The number of nitrogens with two attached hydrogens (primary N) is 1. The van der Waals surface area contributed by atoms with Crippen LogP contribution in [-0.4, -0.2) is 28.6 Å². The number of aryl methyl sites for hydroxylation is 1. The van der Waals surface area contributed by atoms with Gasteiger partial charge < -0.3 is 11.1 Å². The van der Waals surface area contributed by atoms with E-state index in [-0.39, 0.29) is 18.2 Å². The molecule has 3 atom stereocenters. The largest absolute Gasteiger partial charge is 0.385 e. The van der Waals surface area contributed by atoms with Crippen LogP contribution in [0.3, 0.4) is 0 Å². The Kier molecular flexibility index (Phi) is 3.66. The molecule has 1 amide bonds. The standard InChI is InChI=1S/C18H18F2N4OS/c1-9-8-26-15(22-9)14(25)23-11-4-3-10-6-18(12(10)5-11)13(19)7-17(2,20)16(21)24-18/h3-5,8,13H,6-7H2,1-2H3,(H2,21,24)(H,23,25)/t13-,17+,18+/m0/s1. The molecule has 0 saturated carbocycles. The number of nitrogens with one attached hydrogen (secondary N) is 1. The van der Waals surface area contributed by atoms with Crippen LogP contribution < -0.4 is 11.1 Å². The van der Waals surface area contributed by atoms with Crippen LogP contribution in [0.2, 0.25) is 0 Å². The van der Waals surface area contributed by atoms with Gasteiger partial charge in [0.05, 0.1) is 0 Å². The quantitative estimate of drug-likeness (QED) is 0.844. The first kappa shape index (κ1) is 17.1. The average molecular weight is 376 g/mol. The van der Waals surface area contributed by atoms with Crippen molar-refractivity contribution in [3.63, 3.8) is 0 Å². The van der Waals surface area contributed by atoms with Crippen LogP contribution in [0.5, 0.6) is 0 Å². The Labute approximate surface area is 153 Å². The molecule has 2 aliphatic rings. The van der Waals surface area contributed by atoms with E-state index in [1.54, 1.807) is 17.5 Å². The van der Waals surface area contributed by atoms with Gasteiger partial charge in [0.2, 0.25) is 0 Å². The van der Waals surface area contributed by atoms with Crippen molar-refractivity contribution in [2.45, 2.75) is 44.1 Å². The minimum Gasteiger partial charge on any atom is -0.385 e. The molecule has 1 aliphatic carbocycles. The van der Waals surface area contributed by atoms with E-state index >= 15 is 0 Å². The third kappa shape index (κ3) is 2.51. The number of aliphatic imine (C=N–C) groups is 1. The van der Waals surface area contributed by atoms with E-state index in [4.69, 9.17) is 5.73 Å². The minimum atomic E-state index is -1.94. The van der Waals surface area contributed by atoms with Gasteiger partial charge in [-0.05, 0) is 37.1 Å². The average Bonchev–Trinajstić information content (AvgIpc) is 2.98. The summed E-state index contributed by atoms with van der Waals surface area (Å²) in [4.78, 5) is 20.6. The second kappa shape index (κ2) is 5.57. The van der Waals surface area contributed by atoms with Gasteiger partial charge in [-0.25, -0.2) is 13.8 Å². The van der Waals surface area contributed by atoms with Gasteiger partial charge in [0, 0.05) is 29.6 Å². The molecule has 0 saturated heterocycles. The van der Waals surface area contributed by atoms with E-state index in [1.807, 2.05) is 13.0 Å². The lowest BCUT2D eigenvalue weighted by atomic mass is 9.65. The van der Waals surface area contributed by atoms with Gasteiger partial charge in [-0.3, -0.25) is 9.79 Å². The number of benzene rings is 1. The van der Waals surface area contributed by atoms with Gasteiger partial charge in [0.15, 0.2) is 10.7 Å². The number of carbonyl (C=O) groups is 1. The summed E-state index contributed by atoms with van der Waals surface area (Å²) in [6.45, 7) is 3.06. The van der Waals surface area contributed by atoms with Crippen molar-refractivity contribution in [2.75, 3.05) is 5.32 Å². The number of halogens is 2. The summed E-state index contributed by atoms with van der Waals surface area (Å²) in [5.74, 6) is -0.499. The second-order valence-corrected chi connectivity index (χ2v) is 7.95. The van der Waals surface area contributed by atoms with Crippen LogP contribution in [-0.2, 0) is 12.0 Å². The maximum absolute atomic E-state index is 14.8. The summed E-state index contributed by atoms with van der Waals surface area (Å²) in [6, 6.07) is 5.28. The van der Waals surface area contributed by atoms with Gasteiger partial charge in [-0.15, -0.1) is 11.3 Å². The molecule has 5 nitrogen and oxygen atoms in total. The highest BCUT2D eigenvalue weighted by Crippen LogP contribution is 2.51. The third-order valence-electron chi connectivity index (χ3n) is 5.04. The molecule has 0 unspecified atom stereocenters. The van der Waals surface area contributed by atoms with E-state index in [0.717, 1.165) is 11.3 Å². The molecule has 2 heterocycles. The van der Waals surface area contributed by atoms with Gasteiger partial charge in [0.1, 0.15) is 17.5 Å². The summed E-state index contributed by atoms with van der Waals surface area (Å²) >= 11 is 1.26. The summed E-state index contributed by atoms with van der Waals surface area (Å²) in [5, 5.41) is 4.92. The summed E-state index contributed by atoms with van der Waals surface area (Å²) in [7, 11) is 0. The van der Waals surface area contributed by atoms with E-state index in [0.29, 0.717) is 22.7 Å². The molecule has 3 N–H and O–H groups in total. The molecule has 26 heavy (non-hydrogen) atoms. The first-order valence-electron chi connectivity index (χ1n) is 8.27. The van der Waals surface area contributed by atoms with E-state index in [9.17, 15) is 13.6 Å². The highest BCUT2D eigenvalue weighted by atomic mass is 32.1. The molecule has 8 heteroatoms. The Morgan fingerprint density at radius 1 is 1.46 bits per heavy atom. The number of fused-ring (bicyclic) bond motifs is 2. The van der Waals surface area contributed by atoms with Crippen LogP contribution in [0, 0.1) is 6.92 Å². The Morgan fingerprint density at radius 2 is 2.23 bits per heavy atom. The molecular weight excluding hydrogens is 358 g/mol. The zero-order valence-corrected chi connectivity index (χ0v) is 15.2. The predicted octanol–water partition coefficient (Wildman–Crippen LogP) is 3.28. The number of hydrogen-bond acceptors (Lipinski definition) is 5. The Morgan fingerprint density at radius 3 is 2.92 bits per heavy atom. The molecule has 0 bridgehead atoms. The van der Waals surface area contributed by atoms with Crippen molar-refractivity contribution >= 4 is 28.8 Å². The van der Waals surface area contributed by atoms with Gasteiger partial charge in [-0.2, -0.15) is 0 Å². The minimum absolute atomic E-state index is 0.176. The zero-order valence-electron chi connectivity index (χ0n) is 14.3. The fourth-order valence-corrected chi connectivity index (χ4v) is 4.21. The summed E-state index contributed by atoms with van der Waals surface area (Å²) in [5.41, 5.74) is 5.54. The molecule has 0 fully saturated rings. The Hall–Kier alpha value is -2.35. The van der Waals surface area contributed by atoms with Gasteiger partial charge in [-0.1, -0.05) is 6.07 Å². The van der Waals surface area contributed by atoms with Crippen LogP contribution >= 0.6 is 11.3 Å². The Bertz CT molecular complexity index is 939. The van der Waals surface area contributed by atoms with Crippen molar-refractivity contribution in [1.82, 2.24) is 4.98 Å². The van der Waals surface area contributed by atoms with Gasteiger partial charge in [0.25, 0.3) is 5.91 Å². The molecule has 1 spiro atoms. The number of aromatic nitrogens is 1. The molecular formula is C18H18F2N4OS. The zero-order chi connectivity index (χ0) is 18.7. The molecule has 1 aliphatic heterocycles. The lowest BCUT2D eigenvalue weighted by molar-refractivity contribution is 0.0866. The number of amidine groups is 1. The fraction of sp³-hybridized carbons (Fsp3) is 0.389. The normalized spacial score (nSPS) is 29.7. The number of hydrogen-bond donors (Lipinski definition) is 2. The first-order chi connectivity index (χ1) is 12.2. The van der Waals surface area contributed by atoms with Crippen LogP contribution in [0.15, 0.2) is 28.6 Å². The molecule has 136 valence electrons. The van der Waals surface area contributed by atoms with Crippen molar-refractivity contribution in [2.24, 2.45) is 10.7 Å². The number of anilines is 1.